The van der Waals surface area contributed by atoms with Crippen LogP contribution in [0.2, 0.25) is 0 Å². The number of ether oxygens (including phenoxy) is 1. The van der Waals surface area contributed by atoms with Crippen molar-refractivity contribution in [2.75, 3.05) is 0 Å². The van der Waals surface area contributed by atoms with E-state index in [4.69, 9.17) is 4.74 Å². The lowest BCUT2D eigenvalue weighted by Gasteiger charge is -2.55. The van der Waals surface area contributed by atoms with E-state index in [-0.39, 0.29) is 11.6 Å². The number of hydrogen-bond acceptors (Lipinski definition) is 3. The fraction of sp³-hybridized carbons (Fsp3) is 0.750. The molecule has 7 fully saturated rings. The van der Waals surface area contributed by atoms with Crippen molar-refractivity contribution in [2.45, 2.75) is 218 Å². The summed E-state index contributed by atoms with van der Waals surface area (Å²) in [6, 6.07) is 1.06. The summed E-state index contributed by atoms with van der Waals surface area (Å²) in [5, 5.41) is 0. The van der Waals surface area contributed by atoms with Crippen molar-refractivity contribution in [1.82, 2.24) is 9.80 Å². The summed E-state index contributed by atoms with van der Waals surface area (Å²) in [5.41, 5.74) is 9.22. The van der Waals surface area contributed by atoms with Gasteiger partial charge in [0.1, 0.15) is 6.10 Å². The number of nitrogens with zero attached hydrogens (tertiary/aromatic N) is 2. The van der Waals surface area contributed by atoms with Crippen LogP contribution < -0.4 is 0 Å². The SMILES string of the molecule is CC1/C=C2\C3CC(CC1C1=CC=C4C(C1)C1(CCCCC1)C(C)(C)N4C1CC(C4C=CC=CC4)CC(N(C4=CCC(C5CCCCC5)CC4)C4=CCCC5C4OC4C=CCCC45)C1)CC3[C@H]2C. The lowest BCUT2D eigenvalue weighted by atomic mass is 9.56. The van der Waals surface area contributed by atoms with Gasteiger partial charge in [-0.1, -0.05) is 137 Å². The first-order valence-electron chi connectivity index (χ1n) is 29.5. The van der Waals surface area contributed by atoms with Gasteiger partial charge in [-0.3, -0.25) is 0 Å². The summed E-state index contributed by atoms with van der Waals surface area (Å²) >= 11 is 0. The molecule has 2 aliphatic heterocycles. The van der Waals surface area contributed by atoms with Gasteiger partial charge in [-0.2, -0.15) is 0 Å². The molecule has 0 N–H and O–H groups in total. The van der Waals surface area contributed by atoms with Gasteiger partial charge in [-0.05, 0) is 200 Å². The summed E-state index contributed by atoms with van der Waals surface area (Å²) < 4.78 is 7.35. The van der Waals surface area contributed by atoms with E-state index in [1.54, 1.807) is 17.1 Å². The predicted molar refractivity (Wildman–Crippen MR) is 276 cm³/mol. The average Bonchev–Trinajstić information content (AvgIpc) is 4.02. The average molecular weight is 903 g/mol. The fourth-order valence-electron chi connectivity index (χ4n) is 20.1. The zero-order valence-corrected chi connectivity index (χ0v) is 42.6. The van der Waals surface area contributed by atoms with Crippen molar-refractivity contribution >= 4 is 0 Å². The third kappa shape index (κ3) is 7.37. The maximum absolute atomic E-state index is 7.35. The second-order valence-electron chi connectivity index (χ2n) is 26.5. The molecule has 13 rings (SSSR count). The van der Waals surface area contributed by atoms with Gasteiger partial charge in [-0.25, -0.2) is 0 Å². The molecule has 0 aromatic carbocycles. The smallest absolute Gasteiger partial charge is 0.101 e. The van der Waals surface area contributed by atoms with Gasteiger partial charge in [0.25, 0.3) is 0 Å². The van der Waals surface area contributed by atoms with Gasteiger partial charge >= 0.3 is 0 Å². The quantitative estimate of drug-likeness (QED) is 0.237. The maximum atomic E-state index is 7.35. The van der Waals surface area contributed by atoms with Crippen LogP contribution in [0.4, 0.5) is 0 Å². The highest BCUT2D eigenvalue weighted by Gasteiger charge is 2.64. The monoisotopic (exact) mass is 903 g/mol. The zero-order valence-electron chi connectivity index (χ0n) is 42.6. The standard InChI is InChI=1S/C64H90N2O/c1-41-33-55-42(2)56-35-43(36-57(55)56)34-54(41)47-27-30-59-58(39-47)64(31-14-7-15-32-64)63(3,4)66(59)51-38-48(45-19-10-6-11-20-45)37-50(40-51)65(49-28-25-46(26-29-49)44-17-8-5-9-18-44)60-23-16-22-53-52-21-12-13-24-61(52)67-62(53)60/h6,10-11,13,19,23-24,27-28,30,33,41-46,48,50-54,56-58,61-62H,5,7-9,12,14-18,20-22,25-26,29,31-32,34-40H2,1-4H3/b55-33-/t41?,42-,43?,45?,46?,48?,50?,51?,52?,53?,54?,56?,57?,58?,61?,62?/m0/s1. The number of rotatable bonds is 7. The summed E-state index contributed by atoms with van der Waals surface area (Å²) in [6.45, 7) is 10.7. The number of fused-ring (bicyclic) bond motifs is 6. The van der Waals surface area contributed by atoms with E-state index in [9.17, 15) is 0 Å². The minimum atomic E-state index is 0.129. The lowest BCUT2D eigenvalue weighted by molar-refractivity contribution is -0.0237. The molecule has 2 saturated heterocycles. The molecule has 16 atom stereocenters. The molecule has 0 aromatic rings. The molecule has 3 nitrogen and oxygen atoms in total. The van der Waals surface area contributed by atoms with E-state index in [0.717, 1.165) is 41.4 Å². The van der Waals surface area contributed by atoms with Crippen LogP contribution >= 0.6 is 0 Å². The van der Waals surface area contributed by atoms with Crippen LogP contribution in [-0.4, -0.2) is 39.6 Å². The fourth-order valence-corrected chi connectivity index (χ4v) is 20.1. The van der Waals surface area contributed by atoms with Crippen LogP contribution in [0.15, 0.2) is 95.1 Å². The van der Waals surface area contributed by atoms with Crippen LogP contribution in [0.1, 0.15) is 188 Å². The second-order valence-corrected chi connectivity index (χ2v) is 26.5. The van der Waals surface area contributed by atoms with Crippen LogP contribution in [0.3, 0.4) is 0 Å². The van der Waals surface area contributed by atoms with E-state index < -0.39 is 0 Å². The highest BCUT2D eigenvalue weighted by Crippen LogP contribution is 2.67. The first kappa shape index (κ1) is 44.4. The minimum absolute atomic E-state index is 0.129. The molecule has 13 aliphatic rings. The summed E-state index contributed by atoms with van der Waals surface area (Å²) in [6.07, 6.45) is 63.6. The lowest BCUT2D eigenvalue weighted by Crippen LogP contribution is -2.57. The van der Waals surface area contributed by atoms with Gasteiger partial charge < -0.3 is 14.5 Å². The second kappa shape index (κ2) is 17.7. The van der Waals surface area contributed by atoms with E-state index in [1.807, 2.05) is 11.1 Å². The number of hydrogen-bond donors (Lipinski definition) is 0. The Morgan fingerprint density at radius 1 is 0.701 bits per heavy atom. The molecule has 1 spiro atoms. The normalized spacial score (nSPS) is 45.9. The number of likely N-dealkylation sites (tertiary alicyclic amines) is 1. The Hall–Kier alpha value is -2.52. The third-order valence-corrected chi connectivity index (χ3v) is 23.4. The van der Waals surface area contributed by atoms with Crippen LogP contribution in [0.5, 0.6) is 0 Å². The Morgan fingerprint density at radius 2 is 1.54 bits per heavy atom. The molecule has 67 heavy (non-hydrogen) atoms. The zero-order chi connectivity index (χ0) is 45.0. The highest BCUT2D eigenvalue weighted by atomic mass is 16.5. The molecule has 362 valence electrons. The first-order valence-corrected chi connectivity index (χ1v) is 29.5. The summed E-state index contributed by atoms with van der Waals surface area (Å²) in [4.78, 5) is 6.31. The van der Waals surface area contributed by atoms with Crippen molar-refractivity contribution < 1.29 is 4.74 Å². The molecular formula is C64H90N2O. The van der Waals surface area contributed by atoms with Gasteiger partial charge in [-0.15, -0.1) is 0 Å². The first-order chi connectivity index (χ1) is 32.8. The Morgan fingerprint density at radius 3 is 2.36 bits per heavy atom. The molecule has 3 heteroatoms. The number of allylic oxidation sites excluding steroid dienone is 14. The third-order valence-electron chi connectivity index (χ3n) is 23.4. The van der Waals surface area contributed by atoms with Crippen molar-refractivity contribution in [3.8, 4) is 0 Å². The molecule has 0 radical (unpaired) electrons. The molecule has 2 bridgehead atoms. The summed E-state index contributed by atoms with van der Waals surface area (Å²) in [5.74, 6) is 10.3. The van der Waals surface area contributed by atoms with Crippen molar-refractivity contribution in [2.24, 2.45) is 82.3 Å². The Kier molecular flexibility index (Phi) is 11.7. The van der Waals surface area contributed by atoms with Gasteiger partial charge in [0, 0.05) is 46.0 Å². The van der Waals surface area contributed by atoms with E-state index in [1.165, 1.54) is 161 Å². The van der Waals surface area contributed by atoms with Gasteiger partial charge in [0.15, 0.2) is 0 Å². The van der Waals surface area contributed by atoms with Gasteiger partial charge in [0.2, 0.25) is 0 Å². The molecule has 15 unspecified atom stereocenters. The van der Waals surface area contributed by atoms with Crippen LogP contribution in [0, 0.1) is 82.3 Å². The molecular weight excluding hydrogens is 813 g/mol. The Balaban J connectivity index is 0.878. The Bertz CT molecular complexity index is 2130. The van der Waals surface area contributed by atoms with E-state index in [2.05, 4.69) is 104 Å². The van der Waals surface area contributed by atoms with E-state index in [0.29, 0.717) is 59.1 Å². The summed E-state index contributed by atoms with van der Waals surface area (Å²) in [7, 11) is 0. The molecule has 11 aliphatic carbocycles. The van der Waals surface area contributed by atoms with E-state index >= 15 is 0 Å². The highest BCUT2D eigenvalue weighted by molar-refractivity contribution is 5.39. The maximum Gasteiger partial charge on any atom is 0.101 e. The predicted octanol–water partition coefficient (Wildman–Crippen LogP) is 16.0. The minimum Gasteiger partial charge on any atom is -0.366 e. The van der Waals surface area contributed by atoms with Crippen molar-refractivity contribution in [1.29, 1.82) is 0 Å². The van der Waals surface area contributed by atoms with Crippen molar-refractivity contribution in [3.63, 3.8) is 0 Å². The van der Waals surface area contributed by atoms with Gasteiger partial charge in [0.05, 0.1) is 6.10 Å². The molecule has 0 amide bonds. The Labute approximate surface area is 408 Å². The largest absolute Gasteiger partial charge is 0.366 e. The molecule has 2 heterocycles. The van der Waals surface area contributed by atoms with Crippen LogP contribution in [0.25, 0.3) is 0 Å². The van der Waals surface area contributed by atoms with Crippen molar-refractivity contribution in [3.05, 3.63) is 95.1 Å². The molecule has 0 aromatic heterocycles. The molecule has 5 saturated carbocycles. The topological polar surface area (TPSA) is 15.7 Å². The van der Waals surface area contributed by atoms with Crippen LogP contribution in [-0.2, 0) is 4.74 Å².